The molecule has 28 heteroatoms. The third-order valence-electron chi connectivity index (χ3n) is 8.95. The summed E-state index contributed by atoms with van der Waals surface area (Å²) in [6.45, 7) is 0.972. The molecule has 0 fully saturated rings. The van der Waals surface area contributed by atoms with E-state index in [1.807, 2.05) is 0 Å². The van der Waals surface area contributed by atoms with Crippen LogP contribution in [0.1, 0.15) is 17.3 Å². The first-order chi connectivity index (χ1) is 32.0. The smallest absolute Gasteiger partial charge is 0.349 e. The minimum Gasteiger partial charge on any atom is -0.447 e. The van der Waals surface area contributed by atoms with Gasteiger partial charge in [0.2, 0.25) is 116 Å². The van der Waals surface area contributed by atoms with Gasteiger partial charge in [-0.25, -0.2) is 66.3 Å². The van der Waals surface area contributed by atoms with Gasteiger partial charge in [-0.05, 0) is 24.3 Å². The Bertz CT molecular complexity index is 3070. The summed E-state index contributed by atoms with van der Waals surface area (Å²) < 4.78 is 323. The lowest BCUT2D eigenvalue weighted by Gasteiger charge is -2.31. The fourth-order valence-electron chi connectivity index (χ4n) is 5.74. The van der Waals surface area contributed by atoms with Gasteiger partial charge >= 0.3 is 11.9 Å². The summed E-state index contributed by atoms with van der Waals surface area (Å²) in [5.74, 6) is -80.9. The maximum atomic E-state index is 16.0. The third kappa shape index (κ3) is 8.82. The Morgan fingerprint density at radius 1 is 0.391 bits per heavy atom. The molecule has 6 rings (SSSR count). The number of rotatable bonds is 11. The van der Waals surface area contributed by atoms with Gasteiger partial charge < -0.3 is 23.1 Å². The van der Waals surface area contributed by atoms with Crippen molar-refractivity contribution >= 4 is 22.2 Å². The van der Waals surface area contributed by atoms with Crippen LogP contribution in [0.5, 0.6) is 40.2 Å². The van der Waals surface area contributed by atoms with Gasteiger partial charge in [0, 0.05) is 36.0 Å². The van der Waals surface area contributed by atoms with Crippen molar-refractivity contribution < 1.29 is 121 Å². The van der Waals surface area contributed by atoms with E-state index in [-0.39, 0.29) is 10.6 Å². The highest BCUT2D eigenvalue weighted by atomic mass is 32.3. The molecule has 0 saturated carbocycles. The number of benzene rings is 6. The lowest BCUT2D eigenvalue weighted by molar-refractivity contribution is -0.131. The molecule has 0 aliphatic rings. The lowest BCUT2D eigenvalue weighted by Crippen LogP contribution is -2.15. The Labute approximate surface area is 370 Å². The summed E-state index contributed by atoms with van der Waals surface area (Å²) in [6, 6.07) is 3.79. The second kappa shape index (κ2) is 18.6. The molecular weight excluding hydrogens is 1020 g/mol. The van der Waals surface area contributed by atoms with Crippen LogP contribution in [0.2, 0.25) is 0 Å². The van der Waals surface area contributed by atoms with Crippen molar-refractivity contribution in [2.75, 3.05) is 12.5 Å². The highest BCUT2D eigenvalue weighted by molar-refractivity contribution is 8.29. The van der Waals surface area contributed by atoms with Crippen molar-refractivity contribution in [2.45, 2.75) is 11.8 Å². The molecule has 0 N–H and O–H groups in total. The molecule has 7 nitrogen and oxygen atoms in total. The number of esters is 1. The molecule has 0 amide bonds. The van der Waals surface area contributed by atoms with Crippen LogP contribution in [-0.4, -0.2) is 24.5 Å². The SMILES string of the molecule is CC(=O)Oc1ccc(S(C)(C)OC(=O)c2cc(Oc3c(F)c(F)c(F)c(F)c3F)c(Oc3c(F)c(F)c(F)c(F)c3F)c(Oc3c(F)c(F)c(F)c(F)c3F)c2-c2c(F)c(F)c(F)c(F)c2F)cc1. The van der Waals surface area contributed by atoms with E-state index >= 15 is 43.9 Å². The van der Waals surface area contributed by atoms with Gasteiger partial charge in [-0.15, -0.1) is 0 Å². The van der Waals surface area contributed by atoms with Crippen LogP contribution in [0.25, 0.3) is 11.1 Å². The van der Waals surface area contributed by atoms with E-state index in [4.69, 9.17) is 8.92 Å². The van der Waals surface area contributed by atoms with Crippen LogP contribution in [0.3, 0.4) is 0 Å². The van der Waals surface area contributed by atoms with Crippen LogP contribution in [-0.2, 0) is 8.98 Å². The van der Waals surface area contributed by atoms with Gasteiger partial charge in [0.1, 0.15) is 5.75 Å². The zero-order chi connectivity index (χ0) is 51.6. The van der Waals surface area contributed by atoms with E-state index in [1.165, 1.54) is 0 Å². The molecule has 0 heterocycles. The summed E-state index contributed by atoms with van der Waals surface area (Å²) in [5.41, 5.74) is -7.17. The number of carbonyl (C=O) groups excluding carboxylic acids is 2. The van der Waals surface area contributed by atoms with Crippen LogP contribution < -0.4 is 18.9 Å². The standard InChI is InChI=1S/C41H14F20O7S/c1-9(62)64-10-4-6-11(7-5-10)69(2,3)68-41(63)12-8-13(65-38-30(56)24(50)21(47)25(51)31(38)57)36(66-39-32(58)26(52)22(48)27(53)33(39)59)37(67-40-34(60)28(54)23(49)29(55)35(40)61)14(12)15-16(42)18(44)20(46)19(45)17(15)43/h4-8H,1-3H3. The van der Waals surface area contributed by atoms with Crippen molar-refractivity contribution in [3.63, 3.8) is 0 Å². The minimum atomic E-state index is -3.42. The fraction of sp³-hybridized carbons (Fsp3) is 0.0732. The van der Waals surface area contributed by atoms with Gasteiger partial charge in [0.25, 0.3) is 0 Å². The second-order valence-corrected chi connectivity index (χ2v) is 16.7. The molecule has 6 aromatic carbocycles. The number of ether oxygens (including phenoxy) is 4. The third-order valence-corrected chi connectivity index (χ3v) is 10.9. The summed E-state index contributed by atoms with van der Waals surface area (Å²) in [5, 5.41) is 0. The Balaban J connectivity index is 1.86. The van der Waals surface area contributed by atoms with Crippen LogP contribution in [0.4, 0.5) is 87.8 Å². The van der Waals surface area contributed by atoms with E-state index in [1.54, 1.807) is 0 Å². The normalized spacial score (nSPS) is 11.8. The first-order valence-electron chi connectivity index (χ1n) is 17.6. The van der Waals surface area contributed by atoms with Gasteiger partial charge in [-0.1, -0.05) is 10.3 Å². The zero-order valence-corrected chi connectivity index (χ0v) is 34.0. The average molecular weight is 1030 g/mol. The Morgan fingerprint density at radius 3 is 1.07 bits per heavy atom. The first kappa shape index (κ1) is 51.0. The van der Waals surface area contributed by atoms with Crippen molar-refractivity contribution in [1.82, 2.24) is 0 Å². The van der Waals surface area contributed by atoms with E-state index in [9.17, 15) is 53.5 Å². The van der Waals surface area contributed by atoms with Crippen LogP contribution >= 0.6 is 10.3 Å². The van der Waals surface area contributed by atoms with Crippen molar-refractivity contribution in [2.24, 2.45) is 0 Å². The molecule has 0 aliphatic heterocycles. The topological polar surface area (TPSA) is 80.3 Å². The Morgan fingerprint density at radius 2 is 0.710 bits per heavy atom. The summed E-state index contributed by atoms with van der Waals surface area (Å²) in [6.07, 6.45) is 2.01. The van der Waals surface area contributed by atoms with Crippen molar-refractivity contribution in [3.8, 4) is 51.4 Å². The van der Waals surface area contributed by atoms with Gasteiger partial charge in [0.05, 0.1) is 11.1 Å². The molecule has 0 atom stereocenters. The number of halogens is 20. The second-order valence-electron chi connectivity index (χ2n) is 13.6. The van der Waals surface area contributed by atoms with Crippen molar-refractivity contribution in [1.29, 1.82) is 0 Å². The molecule has 366 valence electrons. The summed E-state index contributed by atoms with van der Waals surface area (Å²) in [7, 11) is -3.42. The molecule has 0 saturated heterocycles. The Hall–Kier alpha value is -7.39. The molecule has 0 aromatic heterocycles. The molecule has 6 aromatic rings. The van der Waals surface area contributed by atoms with Gasteiger partial charge in [0.15, 0.2) is 34.8 Å². The van der Waals surface area contributed by atoms with Gasteiger partial charge in [-0.3, -0.25) is 4.79 Å². The monoisotopic (exact) mass is 1030 g/mol. The number of carbonyl (C=O) groups is 2. The highest BCUT2D eigenvalue weighted by Crippen LogP contribution is 2.57. The molecule has 0 spiro atoms. The number of hydrogen-bond acceptors (Lipinski definition) is 7. The van der Waals surface area contributed by atoms with E-state index in [0.29, 0.717) is 0 Å². The molecule has 69 heavy (non-hydrogen) atoms. The predicted octanol–water partition coefficient (Wildman–Crippen LogP) is 13.6. The summed E-state index contributed by atoms with van der Waals surface area (Å²) >= 11 is 0. The maximum Gasteiger partial charge on any atom is 0.349 e. The van der Waals surface area contributed by atoms with E-state index in [2.05, 4.69) is 14.2 Å². The quantitative estimate of drug-likeness (QED) is 0.0420. The average Bonchev–Trinajstić information content (AvgIpc) is 3.30. The van der Waals surface area contributed by atoms with Crippen molar-refractivity contribution in [3.05, 3.63) is 152 Å². The molecule has 0 radical (unpaired) electrons. The van der Waals surface area contributed by atoms with Gasteiger partial charge in [-0.2, -0.15) is 26.3 Å². The first-order valence-corrected chi connectivity index (χ1v) is 20.0. The fourth-order valence-corrected chi connectivity index (χ4v) is 7.10. The lowest BCUT2D eigenvalue weighted by atomic mass is 9.95. The minimum absolute atomic E-state index is 0.147. The number of hydrogen-bond donors (Lipinski definition) is 0. The van der Waals surface area contributed by atoms with E-state index in [0.717, 1.165) is 43.7 Å². The van der Waals surface area contributed by atoms with Crippen LogP contribution in [0, 0.1) is 116 Å². The zero-order valence-electron chi connectivity index (χ0n) is 33.2. The van der Waals surface area contributed by atoms with Crippen LogP contribution in [0.15, 0.2) is 35.2 Å². The maximum absolute atomic E-state index is 16.0. The van der Waals surface area contributed by atoms with E-state index < -0.39 is 196 Å². The Kier molecular flexibility index (Phi) is 13.7. The highest BCUT2D eigenvalue weighted by Gasteiger charge is 2.41. The largest absolute Gasteiger partial charge is 0.447 e. The summed E-state index contributed by atoms with van der Waals surface area (Å²) in [4.78, 5) is 25.6. The molecule has 0 unspecified atom stereocenters. The molecular formula is C41H14F20O7S. The molecule has 0 bridgehead atoms. The predicted molar refractivity (Wildman–Crippen MR) is 191 cm³/mol. The molecule has 0 aliphatic carbocycles.